The zero-order valence-electron chi connectivity index (χ0n) is 21.1. The van der Waals surface area contributed by atoms with Gasteiger partial charge in [-0.05, 0) is 61.7 Å². The average molecular weight is 539 g/mol. The standard InChI is InChI=1S/C27H25F3N6O3/c1-4-32-24(37)13-15-36(38)25(23-12-14-33-35(23)21-10-8-19(17-31)9-11-21)18(2)34(26(36)39-3)22-7-5-6-20(16-22)27(28,29)30/h4-12,14,16,26H,1,13,15H2,2-3H3,(H,32,37). The highest BCUT2D eigenvalue weighted by atomic mass is 19.4. The number of carbonyl (C=O) groups is 1. The molecule has 1 aromatic heterocycles. The third-order valence-corrected chi connectivity index (χ3v) is 6.38. The summed E-state index contributed by atoms with van der Waals surface area (Å²) in [4.78, 5) is 13.7. The average Bonchev–Trinajstić information content (AvgIpc) is 3.47. The summed E-state index contributed by atoms with van der Waals surface area (Å²) in [7, 11) is 1.29. The van der Waals surface area contributed by atoms with Gasteiger partial charge in [-0.3, -0.25) is 14.3 Å². The molecule has 1 aliphatic rings. The molecule has 3 aromatic rings. The van der Waals surface area contributed by atoms with Gasteiger partial charge in [-0.1, -0.05) is 12.6 Å². The highest BCUT2D eigenvalue weighted by Crippen LogP contribution is 2.46. The van der Waals surface area contributed by atoms with E-state index in [0.29, 0.717) is 22.6 Å². The van der Waals surface area contributed by atoms with Gasteiger partial charge in [0, 0.05) is 12.8 Å². The minimum Gasteiger partial charge on any atom is -0.624 e. The Kier molecular flexibility index (Phi) is 7.60. The molecule has 0 aliphatic carbocycles. The van der Waals surface area contributed by atoms with Crippen molar-refractivity contribution in [3.63, 3.8) is 0 Å². The van der Waals surface area contributed by atoms with E-state index in [0.717, 1.165) is 12.1 Å². The van der Waals surface area contributed by atoms with Crippen molar-refractivity contribution in [2.45, 2.75) is 25.9 Å². The Morgan fingerprint density at radius 1 is 1.26 bits per heavy atom. The van der Waals surface area contributed by atoms with Gasteiger partial charge in [-0.15, -0.1) is 0 Å². The molecule has 0 spiro atoms. The highest BCUT2D eigenvalue weighted by molar-refractivity contribution is 5.77. The molecule has 0 bridgehead atoms. The predicted molar refractivity (Wildman–Crippen MR) is 137 cm³/mol. The molecule has 0 saturated heterocycles. The number of hydroxylamine groups is 3. The largest absolute Gasteiger partial charge is 0.624 e. The zero-order valence-corrected chi connectivity index (χ0v) is 21.1. The molecule has 9 nitrogen and oxygen atoms in total. The summed E-state index contributed by atoms with van der Waals surface area (Å²) < 4.78 is 46.6. The van der Waals surface area contributed by atoms with Crippen molar-refractivity contribution >= 4 is 17.3 Å². The highest BCUT2D eigenvalue weighted by Gasteiger charge is 2.50. The second-order valence-electron chi connectivity index (χ2n) is 8.74. The van der Waals surface area contributed by atoms with E-state index in [-0.39, 0.29) is 24.4 Å². The molecule has 2 heterocycles. The summed E-state index contributed by atoms with van der Waals surface area (Å²) >= 11 is 0. The van der Waals surface area contributed by atoms with Gasteiger partial charge in [0.1, 0.15) is 5.69 Å². The number of nitrogens with zero attached hydrogens (tertiary/aromatic N) is 5. The number of carbonyl (C=O) groups excluding carboxylic acids is 1. The van der Waals surface area contributed by atoms with Crippen molar-refractivity contribution in [3.8, 4) is 11.8 Å². The number of hydrogen-bond acceptors (Lipinski definition) is 6. The maximum Gasteiger partial charge on any atom is 0.416 e. The van der Waals surface area contributed by atoms with Gasteiger partial charge < -0.3 is 15.3 Å². The first-order valence-electron chi connectivity index (χ1n) is 11.8. The first-order valence-corrected chi connectivity index (χ1v) is 11.8. The first-order chi connectivity index (χ1) is 18.5. The molecule has 2 unspecified atom stereocenters. The lowest BCUT2D eigenvalue weighted by molar-refractivity contribution is -0.854. The number of methoxy groups -OCH3 is 1. The van der Waals surface area contributed by atoms with Crippen molar-refractivity contribution in [1.29, 1.82) is 5.26 Å². The number of amides is 1. The summed E-state index contributed by atoms with van der Waals surface area (Å²) in [6, 6.07) is 14.8. The number of nitrogens with one attached hydrogen (secondary N) is 1. The van der Waals surface area contributed by atoms with Gasteiger partial charge in [0.2, 0.25) is 5.91 Å². The zero-order chi connectivity index (χ0) is 28.4. The molecular formula is C27H25F3N6O3. The van der Waals surface area contributed by atoms with E-state index in [1.165, 1.54) is 41.2 Å². The number of quaternary nitrogens is 1. The minimum atomic E-state index is -4.60. The molecule has 1 N–H and O–H groups in total. The smallest absolute Gasteiger partial charge is 0.416 e. The van der Waals surface area contributed by atoms with Gasteiger partial charge in [0.05, 0.1) is 47.7 Å². The summed E-state index contributed by atoms with van der Waals surface area (Å²) in [6.07, 6.45) is -3.47. The van der Waals surface area contributed by atoms with Crippen LogP contribution in [-0.4, -0.2) is 40.3 Å². The molecule has 0 saturated carbocycles. The van der Waals surface area contributed by atoms with Crippen molar-refractivity contribution < 1.29 is 27.3 Å². The molecule has 4 rings (SSSR count). The van der Waals surface area contributed by atoms with E-state index in [9.17, 15) is 23.2 Å². The summed E-state index contributed by atoms with van der Waals surface area (Å²) in [5, 5.41) is 30.7. The fourth-order valence-electron chi connectivity index (χ4n) is 4.70. The van der Waals surface area contributed by atoms with Crippen molar-refractivity contribution in [1.82, 2.24) is 15.1 Å². The Morgan fingerprint density at radius 3 is 2.59 bits per heavy atom. The Hall–Kier alpha value is -4.44. The van der Waals surface area contributed by atoms with E-state index in [1.807, 2.05) is 6.07 Å². The summed E-state index contributed by atoms with van der Waals surface area (Å²) in [6.45, 7) is 4.77. The Morgan fingerprint density at radius 2 is 1.97 bits per heavy atom. The quantitative estimate of drug-likeness (QED) is 0.324. The molecule has 1 aliphatic heterocycles. The van der Waals surface area contributed by atoms with Crippen LogP contribution in [0.1, 0.15) is 30.2 Å². The molecule has 1 amide bonds. The predicted octanol–water partition coefficient (Wildman–Crippen LogP) is 4.87. The number of benzene rings is 2. The lowest BCUT2D eigenvalue weighted by Crippen LogP contribution is -2.54. The number of ether oxygens (including phenoxy) is 1. The van der Waals surface area contributed by atoms with Crippen LogP contribution in [0.25, 0.3) is 11.4 Å². The number of hydrogen-bond donors (Lipinski definition) is 1. The molecule has 2 atom stereocenters. The second-order valence-corrected chi connectivity index (χ2v) is 8.74. The van der Waals surface area contributed by atoms with Crippen LogP contribution in [0.2, 0.25) is 0 Å². The van der Waals surface area contributed by atoms with Gasteiger partial charge in [0.25, 0.3) is 6.35 Å². The number of alkyl halides is 3. The molecule has 2 aromatic carbocycles. The molecular weight excluding hydrogens is 513 g/mol. The van der Waals surface area contributed by atoms with Crippen LogP contribution in [-0.2, 0) is 15.7 Å². The van der Waals surface area contributed by atoms with Crippen LogP contribution in [0.5, 0.6) is 0 Å². The lowest BCUT2D eigenvalue weighted by Gasteiger charge is -2.45. The number of allylic oxidation sites excluding steroid dienone is 1. The SMILES string of the molecule is C=CNC(=O)CC[N+]1([O-])C(c2ccnn2-c2ccc(C#N)cc2)=C(C)N(c2cccc(C(F)(F)F)c2)C1OC. The van der Waals surface area contributed by atoms with Crippen LogP contribution in [0.4, 0.5) is 18.9 Å². The Labute approximate surface area is 222 Å². The molecule has 202 valence electrons. The molecule has 39 heavy (non-hydrogen) atoms. The third kappa shape index (κ3) is 5.15. The first kappa shape index (κ1) is 27.6. The van der Waals surface area contributed by atoms with Gasteiger partial charge in [-0.25, -0.2) is 4.68 Å². The van der Waals surface area contributed by atoms with Gasteiger partial charge in [0.15, 0.2) is 5.70 Å². The second kappa shape index (κ2) is 10.7. The van der Waals surface area contributed by atoms with E-state index < -0.39 is 28.6 Å². The van der Waals surface area contributed by atoms with E-state index >= 15 is 0 Å². The fourth-order valence-corrected chi connectivity index (χ4v) is 4.70. The molecule has 0 fully saturated rings. The number of halogens is 3. The van der Waals surface area contributed by atoms with Crippen LogP contribution in [0.3, 0.4) is 0 Å². The molecule has 0 radical (unpaired) electrons. The van der Waals surface area contributed by atoms with Crippen LogP contribution >= 0.6 is 0 Å². The van der Waals surface area contributed by atoms with Crippen LogP contribution in [0, 0.1) is 16.5 Å². The van der Waals surface area contributed by atoms with Crippen molar-refractivity contribution in [2.24, 2.45) is 0 Å². The van der Waals surface area contributed by atoms with Crippen LogP contribution in [0.15, 0.2) is 79.3 Å². The maximum absolute atomic E-state index is 14.8. The Balaban J connectivity index is 1.90. The fraction of sp³-hybridized carbons (Fsp3) is 0.222. The third-order valence-electron chi connectivity index (χ3n) is 6.38. The maximum atomic E-state index is 14.8. The van der Waals surface area contributed by atoms with Gasteiger partial charge >= 0.3 is 6.18 Å². The normalized spacial score (nSPS) is 19.2. The number of nitriles is 1. The number of rotatable bonds is 8. The minimum absolute atomic E-state index is 0.0995. The van der Waals surface area contributed by atoms with E-state index in [2.05, 4.69) is 17.0 Å². The van der Waals surface area contributed by atoms with Crippen molar-refractivity contribution in [2.75, 3.05) is 18.6 Å². The van der Waals surface area contributed by atoms with Crippen LogP contribution < -0.4 is 10.2 Å². The van der Waals surface area contributed by atoms with E-state index in [4.69, 9.17) is 10.00 Å². The van der Waals surface area contributed by atoms with Gasteiger partial charge in [-0.2, -0.15) is 23.5 Å². The number of aromatic nitrogens is 2. The summed E-state index contributed by atoms with van der Waals surface area (Å²) in [5.41, 5.74) is 1.05. The monoisotopic (exact) mass is 538 g/mol. The number of anilines is 1. The van der Waals surface area contributed by atoms with Crippen molar-refractivity contribution in [3.05, 3.63) is 101 Å². The lowest BCUT2D eigenvalue weighted by atomic mass is 10.1. The Bertz CT molecular complexity index is 1460. The molecule has 12 heteroatoms. The summed E-state index contributed by atoms with van der Waals surface area (Å²) in [5.74, 6) is -0.455. The van der Waals surface area contributed by atoms with E-state index in [1.54, 1.807) is 37.3 Å². The topological polar surface area (TPSA) is 106 Å².